The molecule has 1 saturated heterocycles. The van der Waals surface area contributed by atoms with Gasteiger partial charge in [0.25, 0.3) is 5.91 Å². The van der Waals surface area contributed by atoms with Gasteiger partial charge in [-0.2, -0.15) is 0 Å². The summed E-state index contributed by atoms with van der Waals surface area (Å²) in [4.78, 5) is 28.2. The van der Waals surface area contributed by atoms with E-state index in [4.69, 9.17) is 9.47 Å². The highest BCUT2D eigenvalue weighted by atomic mass is 16.5. The van der Waals surface area contributed by atoms with Crippen molar-refractivity contribution in [2.75, 3.05) is 39.4 Å². The number of carbonyl (C=O) groups is 2. The van der Waals surface area contributed by atoms with Gasteiger partial charge in [0, 0.05) is 30.8 Å². The Bertz CT molecular complexity index is 858. The molecule has 1 aliphatic heterocycles. The molecule has 0 unspecified atom stereocenters. The SMILES string of the molecule is CCOc1ccc(C(=O)c2ccccc2C(=O)N2CCCNCC2)cc1OCC. The molecule has 0 bridgehead atoms. The number of hydrogen-bond acceptors (Lipinski definition) is 5. The van der Waals surface area contributed by atoms with E-state index in [9.17, 15) is 9.59 Å². The number of ketones is 1. The molecule has 2 aromatic rings. The minimum atomic E-state index is -0.203. The number of rotatable bonds is 7. The normalized spacial score (nSPS) is 14.2. The van der Waals surface area contributed by atoms with Gasteiger partial charge in [0.1, 0.15) is 0 Å². The van der Waals surface area contributed by atoms with Crippen molar-refractivity contribution in [3.8, 4) is 11.5 Å². The highest BCUT2D eigenvalue weighted by Gasteiger charge is 2.23. The van der Waals surface area contributed by atoms with Crippen LogP contribution in [0.5, 0.6) is 11.5 Å². The van der Waals surface area contributed by atoms with Crippen LogP contribution in [0.1, 0.15) is 46.5 Å². The minimum absolute atomic E-state index is 0.103. The maximum absolute atomic E-state index is 13.3. The number of ether oxygens (including phenoxy) is 2. The van der Waals surface area contributed by atoms with E-state index in [2.05, 4.69) is 5.32 Å². The molecule has 0 spiro atoms. The van der Waals surface area contributed by atoms with E-state index in [1.807, 2.05) is 18.7 Å². The zero-order chi connectivity index (χ0) is 20.6. The maximum atomic E-state index is 13.3. The number of nitrogens with one attached hydrogen (secondary N) is 1. The van der Waals surface area contributed by atoms with Crippen LogP contribution in [-0.2, 0) is 0 Å². The number of hydrogen-bond donors (Lipinski definition) is 1. The quantitative estimate of drug-likeness (QED) is 0.728. The zero-order valence-electron chi connectivity index (χ0n) is 17.1. The molecule has 0 aromatic heterocycles. The van der Waals surface area contributed by atoms with Crippen molar-refractivity contribution in [2.45, 2.75) is 20.3 Å². The molecule has 1 amide bonds. The fourth-order valence-electron chi connectivity index (χ4n) is 3.43. The Morgan fingerprint density at radius 1 is 0.931 bits per heavy atom. The summed E-state index contributed by atoms with van der Waals surface area (Å²) in [5.74, 6) is 0.828. The lowest BCUT2D eigenvalue weighted by Crippen LogP contribution is -2.35. The third-order valence-corrected chi connectivity index (χ3v) is 4.83. The van der Waals surface area contributed by atoms with E-state index < -0.39 is 0 Å². The zero-order valence-corrected chi connectivity index (χ0v) is 17.1. The number of carbonyl (C=O) groups excluding carboxylic acids is 2. The molecule has 29 heavy (non-hydrogen) atoms. The van der Waals surface area contributed by atoms with E-state index in [1.165, 1.54) is 0 Å². The first-order valence-electron chi connectivity index (χ1n) is 10.2. The van der Waals surface area contributed by atoms with Crippen molar-refractivity contribution in [2.24, 2.45) is 0 Å². The monoisotopic (exact) mass is 396 g/mol. The highest BCUT2D eigenvalue weighted by Crippen LogP contribution is 2.30. The van der Waals surface area contributed by atoms with E-state index in [-0.39, 0.29) is 11.7 Å². The van der Waals surface area contributed by atoms with Crippen LogP contribution in [0, 0.1) is 0 Å². The summed E-state index contributed by atoms with van der Waals surface area (Å²) in [6.45, 7) is 7.74. The minimum Gasteiger partial charge on any atom is -0.490 e. The molecule has 1 N–H and O–H groups in total. The predicted octanol–water partition coefficient (Wildman–Crippen LogP) is 3.15. The maximum Gasteiger partial charge on any atom is 0.254 e. The molecule has 1 fully saturated rings. The van der Waals surface area contributed by atoms with Crippen molar-refractivity contribution < 1.29 is 19.1 Å². The van der Waals surface area contributed by atoms with Crippen LogP contribution in [0.4, 0.5) is 0 Å². The Labute approximate surface area is 171 Å². The van der Waals surface area contributed by atoms with Crippen molar-refractivity contribution in [1.82, 2.24) is 10.2 Å². The lowest BCUT2D eigenvalue weighted by molar-refractivity contribution is 0.0762. The van der Waals surface area contributed by atoms with Gasteiger partial charge in [-0.15, -0.1) is 0 Å². The Balaban J connectivity index is 1.92. The second-order valence-corrected chi connectivity index (χ2v) is 6.80. The average Bonchev–Trinajstić information content (AvgIpc) is 3.04. The molecule has 1 heterocycles. The molecule has 6 nitrogen and oxygen atoms in total. The Morgan fingerprint density at radius 3 is 2.41 bits per heavy atom. The molecule has 1 aliphatic rings. The van der Waals surface area contributed by atoms with E-state index in [0.717, 1.165) is 19.5 Å². The van der Waals surface area contributed by atoms with Gasteiger partial charge in [0.15, 0.2) is 17.3 Å². The van der Waals surface area contributed by atoms with Crippen molar-refractivity contribution >= 4 is 11.7 Å². The summed E-state index contributed by atoms with van der Waals surface area (Å²) in [5.41, 5.74) is 1.31. The topological polar surface area (TPSA) is 67.9 Å². The standard InChI is InChI=1S/C23H28N2O4/c1-3-28-20-11-10-17(16-21(20)29-4-2)22(26)18-8-5-6-9-19(18)23(27)25-14-7-12-24-13-15-25/h5-6,8-11,16,24H,3-4,7,12-15H2,1-2H3. The molecular weight excluding hydrogens is 368 g/mol. The van der Waals surface area contributed by atoms with Crippen LogP contribution in [0.25, 0.3) is 0 Å². The van der Waals surface area contributed by atoms with Crippen LogP contribution in [0.15, 0.2) is 42.5 Å². The summed E-state index contributed by atoms with van der Waals surface area (Å²) in [6, 6.07) is 12.2. The van der Waals surface area contributed by atoms with Crippen LogP contribution in [-0.4, -0.2) is 56.0 Å². The molecule has 0 atom stereocenters. The Kier molecular flexibility index (Phi) is 7.25. The van der Waals surface area contributed by atoms with Gasteiger partial charge < -0.3 is 19.7 Å². The summed E-state index contributed by atoms with van der Waals surface area (Å²) < 4.78 is 11.2. The van der Waals surface area contributed by atoms with Gasteiger partial charge in [-0.25, -0.2) is 0 Å². The molecule has 2 aromatic carbocycles. The first-order chi connectivity index (χ1) is 14.2. The smallest absolute Gasteiger partial charge is 0.254 e. The van der Waals surface area contributed by atoms with Crippen LogP contribution in [0.2, 0.25) is 0 Å². The third kappa shape index (κ3) is 4.95. The van der Waals surface area contributed by atoms with Gasteiger partial charge >= 0.3 is 0 Å². The van der Waals surface area contributed by atoms with E-state index >= 15 is 0 Å². The summed E-state index contributed by atoms with van der Waals surface area (Å²) in [6.07, 6.45) is 0.901. The Morgan fingerprint density at radius 2 is 1.66 bits per heavy atom. The molecule has 3 rings (SSSR count). The van der Waals surface area contributed by atoms with Gasteiger partial charge in [0.2, 0.25) is 0 Å². The molecular formula is C23H28N2O4. The third-order valence-electron chi connectivity index (χ3n) is 4.83. The lowest BCUT2D eigenvalue weighted by atomic mass is 9.97. The molecule has 154 valence electrons. The summed E-state index contributed by atoms with van der Waals surface area (Å²) >= 11 is 0. The average molecular weight is 396 g/mol. The van der Waals surface area contributed by atoms with Crippen LogP contribution >= 0.6 is 0 Å². The van der Waals surface area contributed by atoms with E-state index in [0.29, 0.717) is 54.5 Å². The summed E-state index contributed by atoms with van der Waals surface area (Å²) in [7, 11) is 0. The van der Waals surface area contributed by atoms with E-state index in [1.54, 1.807) is 42.5 Å². The number of nitrogens with zero attached hydrogens (tertiary/aromatic N) is 1. The highest BCUT2D eigenvalue weighted by molar-refractivity contribution is 6.15. The molecule has 0 radical (unpaired) electrons. The van der Waals surface area contributed by atoms with Gasteiger partial charge in [-0.1, -0.05) is 18.2 Å². The second kappa shape index (κ2) is 10.1. The van der Waals surface area contributed by atoms with Gasteiger partial charge in [0.05, 0.1) is 18.8 Å². The number of benzene rings is 2. The lowest BCUT2D eigenvalue weighted by Gasteiger charge is -2.21. The molecule has 0 saturated carbocycles. The van der Waals surface area contributed by atoms with Crippen LogP contribution < -0.4 is 14.8 Å². The fourth-order valence-corrected chi connectivity index (χ4v) is 3.43. The first-order valence-corrected chi connectivity index (χ1v) is 10.2. The summed E-state index contributed by atoms with van der Waals surface area (Å²) in [5, 5.41) is 3.29. The largest absolute Gasteiger partial charge is 0.490 e. The molecule has 6 heteroatoms. The Hall–Kier alpha value is -2.86. The van der Waals surface area contributed by atoms with Crippen molar-refractivity contribution in [1.29, 1.82) is 0 Å². The predicted molar refractivity (Wildman–Crippen MR) is 112 cm³/mol. The fraction of sp³-hybridized carbons (Fsp3) is 0.391. The van der Waals surface area contributed by atoms with Crippen molar-refractivity contribution in [3.63, 3.8) is 0 Å². The molecule has 0 aliphatic carbocycles. The van der Waals surface area contributed by atoms with Crippen LogP contribution in [0.3, 0.4) is 0 Å². The van der Waals surface area contributed by atoms with Gasteiger partial charge in [-0.3, -0.25) is 9.59 Å². The first kappa shape index (κ1) is 20.9. The van der Waals surface area contributed by atoms with Crippen molar-refractivity contribution in [3.05, 3.63) is 59.2 Å². The van der Waals surface area contributed by atoms with Gasteiger partial charge in [-0.05, 0) is 51.1 Å². The second-order valence-electron chi connectivity index (χ2n) is 6.80. The number of amides is 1.